The molecule has 1 aliphatic rings. The second-order valence-electron chi connectivity index (χ2n) is 5.59. The molecule has 20 heavy (non-hydrogen) atoms. The van der Waals surface area contributed by atoms with E-state index in [1.807, 2.05) is 6.07 Å². The minimum atomic E-state index is -0.309. The number of carbonyl (C=O) groups is 1. The summed E-state index contributed by atoms with van der Waals surface area (Å²) in [6.45, 7) is 0.717. The number of hydrogen-bond donors (Lipinski definition) is 2. The fraction of sp³-hybridized carbons (Fsp3) is 0.562. The zero-order valence-electron chi connectivity index (χ0n) is 11.8. The number of amides is 1. The van der Waals surface area contributed by atoms with Crippen LogP contribution in [0, 0.1) is 5.82 Å². The molecule has 1 aromatic rings. The lowest BCUT2D eigenvalue weighted by Crippen LogP contribution is -2.34. The van der Waals surface area contributed by atoms with E-state index in [1.54, 1.807) is 6.07 Å². The van der Waals surface area contributed by atoms with Gasteiger partial charge in [-0.25, -0.2) is 4.39 Å². The van der Waals surface area contributed by atoms with Gasteiger partial charge in [-0.05, 0) is 49.9 Å². The lowest BCUT2D eigenvalue weighted by molar-refractivity contribution is -0.122. The Hall–Kier alpha value is -1.42. The SMILES string of the molecule is NCCCCCCC(=O)NC1(c2cccc(F)c2)CC1. The first kappa shape index (κ1) is 15.0. The zero-order chi connectivity index (χ0) is 14.4. The van der Waals surface area contributed by atoms with E-state index >= 15 is 0 Å². The van der Waals surface area contributed by atoms with E-state index in [1.165, 1.54) is 12.1 Å². The van der Waals surface area contributed by atoms with Crippen LogP contribution in [0.5, 0.6) is 0 Å². The molecule has 0 aliphatic heterocycles. The van der Waals surface area contributed by atoms with Crippen LogP contribution in [0.4, 0.5) is 4.39 Å². The molecular formula is C16H23FN2O. The van der Waals surface area contributed by atoms with E-state index in [-0.39, 0.29) is 17.3 Å². The third-order valence-electron chi connectivity index (χ3n) is 3.86. The van der Waals surface area contributed by atoms with Gasteiger partial charge in [-0.15, -0.1) is 0 Å². The molecule has 4 heteroatoms. The molecule has 0 radical (unpaired) electrons. The minimum Gasteiger partial charge on any atom is -0.347 e. The summed E-state index contributed by atoms with van der Waals surface area (Å²) in [5.74, 6) is -0.177. The van der Waals surface area contributed by atoms with E-state index < -0.39 is 0 Å². The van der Waals surface area contributed by atoms with Crippen LogP contribution in [-0.2, 0) is 10.3 Å². The Balaban J connectivity index is 1.79. The number of unbranched alkanes of at least 4 members (excludes halogenated alkanes) is 3. The first-order chi connectivity index (χ1) is 9.66. The molecule has 2 rings (SSSR count). The predicted octanol–water partition coefficient (Wildman–Crippen LogP) is 2.84. The van der Waals surface area contributed by atoms with Gasteiger partial charge < -0.3 is 11.1 Å². The number of nitrogens with one attached hydrogen (secondary N) is 1. The standard InChI is InChI=1S/C16H23FN2O/c17-14-7-5-6-13(12-14)16(9-10-16)19-15(20)8-3-1-2-4-11-18/h5-7,12H,1-4,8-11,18H2,(H,19,20). The fourth-order valence-corrected chi connectivity index (χ4v) is 2.51. The first-order valence-electron chi connectivity index (χ1n) is 7.43. The van der Waals surface area contributed by atoms with Crippen molar-refractivity contribution < 1.29 is 9.18 Å². The molecule has 1 aromatic carbocycles. The molecule has 1 amide bonds. The third-order valence-corrected chi connectivity index (χ3v) is 3.86. The molecular weight excluding hydrogens is 255 g/mol. The van der Waals surface area contributed by atoms with Crippen molar-refractivity contribution in [1.29, 1.82) is 0 Å². The maximum Gasteiger partial charge on any atom is 0.220 e. The van der Waals surface area contributed by atoms with Crippen molar-refractivity contribution in [2.75, 3.05) is 6.54 Å². The minimum absolute atomic E-state index is 0.0690. The monoisotopic (exact) mass is 278 g/mol. The van der Waals surface area contributed by atoms with Gasteiger partial charge in [-0.1, -0.05) is 25.0 Å². The van der Waals surface area contributed by atoms with Crippen LogP contribution >= 0.6 is 0 Å². The number of halogens is 1. The highest BCUT2D eigenvalue weighted by atomic mass is 19.1. The van der Waals surface area contributed by atoms with Crippen LogP contribution in [0.2, 0.25) is 0 Å². The number of carbonyl (C=O) groups excluding carboxylic acids is 1. The van der Waals surface area contributed by atoms with E-state index in [9.17, 15) is 9.18 Å². The maximum absolute atomic E-state index is 13.3. The highest BCUT2D eigenvalue weighted by Crippen LogP contribution is 2.45. The zero-order valence-corrected chi connectivity index (χ0v) is 11.8. The van der Waals surface area contributed by atoms with Gasteiger partial charge in [0, 0.05) is 6.42 Å². The summed E-state index contributed by atoms with van der Waals surface area (Å²) in [7, 11) is 0. The summed E-state index contributed by atoms with van der Waals surface area (Å²) in [6, 6.07) is 6.54. The molecule has 0 aromatic heterocycles. The molecule has 110 valence electrons. The van der Waals surface area contributed by atoms with Gasteiger partial charge in [0.25, 0.3) is 0 Å². The van der Waals surface area contributed by atoms with Gasteiger partial charge in [-0.3, -0.25) is 4.79 Å². The van der Waals surface area contributed by atoms with Crippen molar-refractivity contribution in [2.24, 2.45) is 5.73 Å². The first-order valence-corrected chi connectivity index (χ1v) is 7.43. The molecule has 1 saturated carbocycles. The number of rotatable bonds is 8. The van der Waals surface area contributed by atoms with Gasteiger partial charge >= 0.3 is 0 Å². The number of hydrogen-bond acceptors (Lipinski definition) is 2. The molecule has 0 spiro atoms. The van der Waals surface area contributed by atoms with Crippen LogP contribution in [0.15, 0.2) is 24.3 Å². The third kappa shape index (κ3) is 4.04. The number of nitrogens with two attached hydrogens (primary N) is 1. The quantitative estimate of drug-likeness (QED) is 0.718. The topological polar surface area (TPSA) is 55.1 Å². The maximum atomic E-state index is 13.3. The molecule has 1 fully saturated rings. The van der Waals surface area contributed by atoms with E-state index in [0.29, 0.717) is 6.42 Å². The lowest BCUT2D eigenvalue weighted by Gasteiger charge is -2.18. The molecule has 0 heterocycles. The molecule has 0 saturated heterocycles. The largest absolute Gasteiger partial charge is 0.347 e. The molecule has 0 bridgehead atoms. The molecule has 3 N–H and O–H groups in total. The second kappa shape index (κ2) is 6.84. The Kier molecular flexibility index (Phi) is 5.12. The summed E-state index contributed by atoms with van der Waals surface area (Å²) in [5.41, 5.74) is 6.00. The Morgan fingerprint density at radius 2 is 2.00 bits per heavy atom. The highest BCUT2D eigenvalue weighted by Gasteiger charge is 2.45. The van der Waals surface area contributed by atoms with Crippen molar-refractivity contribution >= 4 is 5.91 Å². The van der Waals surface area contributed by atoms with Crippen molar-refractivity contribution in [3.63, 3.8) is 0 Å². The van der Waals surface area contributed by atoms with Crippen LogP contribution in [0.25, 0.3) is 0 Å². The van der Waals surface area contributed by atoms with E-state index in [4.69, 9.17) is 5.73 Å². The van der Waals surface area contributed by atoms with Gasteiger partial charge in [0.15, 0.2) is 0 Å². The average Bonchev–Trinajstić information content (AvgIpc) is 3.19. The van der Waals surface area contributed by atoms with Crippen molar-refractivity contribution in [1.82, 2.24) is 5.32 Å². The Bertz CT molecular complexity index is 458. The second-order valence-corrected chi connectivity index (χ2v) is 5.59. The lowest BCUT2D eigenvalue weighted by atomic mass is 10.0. The van der Waals surface area contributed by atoms with Crippen molar-refractivity contribution in [3.05, 3.63) is 35.6 Å². The Labute approximate surface area is 119 Å². The van der Waals surface area contributed by atoms with Crippen LogP contribution < -0.4 is 11.1 Å². The molecule has 3 nitrogen and oxygen atoms in total. The van der Waals surface area contributed by atoms with E-state index in [0.717, 1.165) is 50.6 Å². The highest BCUT2D eigenvalue weighted by molar-refractivity contribution is 5.77. The van der Waals surface area contributed by atoms with Gasteiger partial charge in [0.1, 0.15) is 5.82 Å². The smallest absolute Gasteiger partial charge is 0.220 e. The Morgan fingerprint density at radius 3 is 2.65 bits per heavy atom. The average molecular weight is 278 g/mol. The van der Waals surface area contributed by atoms with Crippen molar-refractivity contribution in [3.8, 4) is 0 Å². The van der Waals surface area contributed by atoms with Crippen LogP contribution in [0.3, 0.4) is 0 Å². The summed E-state index contributed by atoms with van der Waals surface area (Å²) >= 11 is 0. The number of benzene rings is 1. The van der Waals surface area contributed by atoms with E-state index in [2.05, 4.69) is 5.32 Å². The van der Waals surface area contributed by atoms with Gasteiger partial charge in [0.05, 0.1) is 5.54 Å². The fourth-order valence-electron chi connectivity index (χ4n) is 2.51. The predicted molar refractivity (Wildman–Crippen MR) is 77.6 cm³/mol. The Morgan fingerprint density at radius 1 is 1.25 bits per heavy atom. The molecule has 1 aliphatic carbocycles. The summed E-state index contributed by atoms with van der Waals surface area (Å²) in [5, 5.41) is 3.07. The normalized spacial score (nSPS) is 15.9. The summed E-state index contributed by atoms with van der Waals surface area (Å²) in [4.78, 5) is 12.0. The van der Waals surface area contributed by atoms with Gasteiger partial charge in [0.2, 0.25) is 5.91 Å². The van der Waals surface area contributed by atoms with Crippen LogP contribution in [-0.4, -0.2) is 12.5 Å². The molecule has 0 atom stereocenters. The van der Waals surface area contributed by atoms with Crippen molar-refractivity contribution in [2.45, 2.75) is 50.5 Å². The van der Waals surface area contributed by atoms with Crippen LogP contribution in [0.1, 0.15) is 50.5 Å². The molecule has 0 unspecified atom stereocenters. The summed E-state index contributed by atoms with van der Waals surface area (Å²) < 4.78 is 13.3. The van der Waals surface area contributed by atoms with Gasteiger partial charge in [-0.2, -0.15) is 0 Å². The summed E-state index contributed by atoms with van der Waals surface area (Å²) in [6.07, 6.45) is 6.38.